The molecule has 0 saturated heterocycles. The number of fused-ring (bicyclic) bond motifs is 1. The van der Waals surface area contributed by atoms with E-state index in [2.05, 4.69) is 5.32 Å². The lowest BCUT2D eigenvalue weighted by Gasteiger charge is -2.11. The van der Waals surface area contributed by atoms with Crippen molar-refractivity contribution in [1.82, 2.24) is 5.32 Å². The molecule has 1 N–H and O–H groups in total. The Balaban J connectivity index is 1.46. The van der Waals surface area contributed by atoms with Gasteiger partial charge in [-0.15, -0.1) is 0 Å². The highest BCUT2D eigenvalue weighted by molar-refractivity contribution is 7.91. The summed E-state index contributed by atoms with van der Waals surface area (Å²) >= 11 is 5.76. The van der Waals surface area contributed by atoms with Crippen LogP contribution in [-0.2, 0) is 21.1 Å². The van der Waals surface area contributed by atoms with Gasteiger partial charge in [-0.05, 0) is 35.9 Å². The molecule has 1 heterocycles. The van der Waals surface area contributed by atoms with Gasteiger partial charge in [0.2, 0.25) is 5.91 Å². The van der Waals surface area contributed by atoms with Crippen LogP contribution in [0.3, 0.4) is 0 Å². The summed E-state index contributed by atoms with van der Waals surface area (Å²) in [7, 11) is -3.45. The Morgan fingerprint density at radius 3 is 2.60 bits per heavy atom. The lowest BCUT2D eigenvalue weighted by molar-refractivity contribution is -0.122. The third kappa shape index (κ3) is 4.52. The van der Waals surface area contributed by atoms with Crippen LogP contribution >= 0.6 is 11.6 Å². The average Bonchev–Trinajstić information content (AvgIpc) is 2.97. The fraction of sp³-hybridized carbons (Fsp3) is 0.278. The zero-order valence-corrected chi connectivity index (χ0v) is 15.0. The van der Waals surface area contributed by atoms with Crippen molar-refractivity contribution in [3.8, 4) is 5.75 Å². The minimum Gasteiger partial charge on any atom is -0.489 e. The summed E-state index contributed by atoms with van der Waals surface area (Å²) in [6.45, 7) is 0.0590. The summed E-state index contributed by atoms with van der Waals surface area (Å²) in [5, 5.41) is 3.13. The van der Waals surface area contributed by atoms with Crippen LogP contribution in [0.2, 0.25) is 5.02 Å². The van der Waals surface area contributed by atoms with Crippen LogP contribution < -0.4 is 10.1 Å². The minimum absolute atomic E-state index is 0.0590. The molecule has 2 aromatic rings. The largest absolute Gasteiger partial charge is 0.489 e. The van der Waals surface area contributed by atoms with E-state index in [9.17, 15) is 13.2 Å². The Hall–Kier alpha value is -2.05. The van der Waals surface area contributed by atoms with Gasteiger partial charge >= 0.3 is 0 Å². The number of rotatable bonds is 6. The van der Waals surface area contributed by atoms with Gasteiger partial charge in [-0.1, -0.05) is 29.8 Å². The van der Waals surface area contributed by atoms with Crippen LogP contribution in [0.25, 0.3) is 0 Å². The smallest absolute Gasteiger partial charge is 0.223 e. The summed E-state index contributed by atoms with van der Waals surface area (Å²) in [5.74, 6) is 0.432. The van der Waals surface area contributed by atoms with Crippen molar-refractivity contribution in [1.29, 1.82) is 0 Å². The second-order valence-electron chi connectivity index (χ2n) is 5.88. The average molecular weight is 380 g/mol. The number of nitrogens with one attached hydrogen (secondary N) is 1. The van der Waals surface area contributed by atoms with E-state index in [1.165, 1.54) is 24.3 Å². The van der Waals surface area contributed by atoms with Crippen molar-refractivity contribution < 1.29 is 17.9 Å². The monoisotopic (exact) mass is 379 g/mol. The molecule has 1 aliphatic heterocycles. The molecule has 3 rings (SSSR count). The van der Waals surface area contributed by atoms with Crippen molar-refractivity contribution in [3.63, 3.8) is 0 Å². The van der Waals surface area contributed by atoms with Crippen LogP contribution in [0.15, 0.2) is 53.4 Å². The van der Waals surface area contributed by atoms with E-state index >= 15 is 0 Å². The Labute approximate surface area is 151 Å². The summed E-state index contributed by atoms with van der Waals surface area (Å²) in [4.78, 5) is 12.2. The molecule has 132 valence electrons. The van der Waals surface area contributed by atoms with Gasteiger partial charge in [0.05, 0.1) is 17.1 Å². The number of hydrogen-bond donors (Lipinski definition) is 1. The van der Waals surface area contributed by atoms with Crippen molar-refractivity contribution >= 4 is 27.3 Å². The molecule has 0 aromatic heterocycles. The first-order chi connectivity index (χ1) is 11.9. The Morgan fingerprint density at radius 1 is 1.16 bits per heavy atom. The molecule has 1 amide bonds. The van der Waals surface area contributed by atoms with Gasteiger partial charge in [0.25, 0.3) is 0 Å². The van der Waals surface area contributed by atoms with Gasteiger partial charge in [0.15, 0.2) is 9.84 Å². The molecule has 1 aliphatic rings. The van der Waals surface area contributed by atoms with Crippen LogP contribution in [-0.4, -0.2) is 32.7 Å². The van der Waals surface area contributed by atoms with Crippen molar-refractivity contribution in [3.05, 3.63) is 59.1 Å². The molecule has 0 radical (unpaired) electrons. The molecule has 0 spiro atoms. The quantitative estimate of drug-likeness (QED) is 0.837. The van der Waals surface area contributed by atoms with Gasteiger partial charge in [-0.25, -0.2) is 8.42 Å². The SMILES string of the molecule is O=C(CC1Cc2ccccc2O1)NCCS(=O)(=O)c1ccc(Cl)cc1. The van der Waals surface area contributed by atoms with Gasteiger partial charge in [-0.2, -0.15) is 0 Å². The Bertz CT molecular complexity index is 840. The molecule has 0 fully saturated rings. The van der Waals surface area contributed by atoms with E-state index in [1.54, 1.807) is 0 Å². The highest BCUT2D eigenvalue weighted by atomic mass is 35.5. The summed E-state index contributed by atoms with van der Waals surface area (Å²) < 4.78 is 30.1. The zero-order valence-electron chi connectivity index (χ0n) is 13.4. The molecule has 1 atom stereocenters. The van der Waals surface area contributed by atoms with Crippen LogP contribution in [0.4, 0.5) is 0 Å². The number of halogens is 1. The van der Waals surface area contributed by atoms with Crippen LogP contribution in [0, 0.1) is 0 Å². The topological polar surface area (TPSA) is 72.5 Å². The number of sulfone groups is 1. The number of amides is 1. The Morgan fingerprint density at radius 2 is 1.88 bits per heavy atom. The standard InChI is InChI=1S/C18H18ClNO4S/c19-14-5-7-16(8-6-14)25(22,23)10-9-20-18(21)12-15-11-13-3-1-2-4-17(13)24-15/h1-8,15H,9-12H2,(H,20,21). The fourth-order valence-corrected chi connectivity index (χ4v) is 4.01. The first-order valence-corrected chi connectivity index (χ1v) is 9.97. The van der Waals surface area contributed by atoms with E-state index in [-0.39, 0.29) is 35.6 Å². The van der Waals surface area contributed by atoms with Crippen LogP contribution in [0.5, 0.6) is 5.75 Å². The van der Waals surface area contributed by atoms with E-state index in [0.29, 0.717) is 11.4 Å². The summed E-state index contributed by atoms with van der Waals surface area (Å²) in [6.07, 6.45) is 0.688. The van der Waals surface area contributed by atoms with E-state index in [0.717, 1.165) is 11.3 Å². The zero-order chi connectivity index (χ0) is 17.9. The van der Waals surface area contributed by atoms with Crippen molar-refractivity contribution in [2.45, 2.75) is 23.8 Å². The molecule has 2 aromatic carbocycles. The molecule has 0 saturated carbocycles. The third-order valence-corrected chi connectivity index (χ3v) is 5.98. The number of hydrogen-bond acceptors (Lipinski definition) is 4. The predicted octanol–water partition coefficient (Wildman–Crippen LogP) is 2.62. The van der Waals surface area contributed by atoms with Gasteiger partial charge in [0, 0.05) is 18.0 Å². The Kier molecular flexibility index (Phi) is 5.30. The summed E-state index contributed by atoms with van der Waals surface area (Å²) in [6, 6.07) is 13.7. The number of carbonyl (C=O) groups excluding carboxylic acids is 1. The highest BCUT2D eigenvalue weighted by Gasteiger charge is 2.24. The molecule has 0 aliphatic carbocycles. The normalized spacial score (nSPS) is 16.1. The third-order valence-electron chi connectivity index (χ3n) is 3.99. The molecule has 25 heavy (non-hydrogen) atoms. The number of carbonyl (C=O) groups is 1. The lowest BCUT2D eigenvalue weighted by atomic mass is 10.1. The molecule has 1 unspecified atom stereocenters. The second kappa shape index (κ2) is 7.45. The first kappa shape index (κ1) is 17.8. The first-order valence-electron chi connectivity index (χ1n) is 7.93. The van der Waals surface area contributed by atoms with E-state index < -0.39 is 9.84 Å². The van der Waals surface area contributed by atoms with Crippen molar-refractivity contribution in [2.24, 2.45) is 0 Å². The minimum atomic E-state index is -3.45. The fourth-order valence-electron chi connectivity index (χ4n) is 2.73. The van der Waals surface area contributed by atoms with E-state index in [4.69, 9.17) is 16.3 Å². The molecular formula is C18H18ClNO4S. The predicted molar refractivity (Wildman–Crippen MR) is 95.7 cm³/mol. The second-order valence-corrected chi connectivity index (χ2v) is 8.42. The van der Waals surface area contributed by atoms with Crippen LogP contribution in [0.1, 0.15) is 12.0 Å². The van der Waals surface area contributed by atoms with E-state index in [1.807, 2.05) is 24.3 Å². The van der Waals surface area contributed by atoms with Gasteiger partial charge in [-0.3, -0.25) is 4.79 Å². The van der Waals surface area contributed by atoms with Crippen molar-refractivity contribution in [2.75, 3.05) is 12.3 Å². The maximum atomic E-state index is 12.2. The maximum absolute atomic E-state index is 12.2. The molecule has 5 nitrogen and oxygen atoms in total. The highest BCUT2D eigenvalue weighted by Crippen LogP contribution is 2.29. The number of para-hydroxylation sites is 1. The number of ether oxygens (including phenoxy) is 1. The van der Waals surface area contributed by atoms with Gasteiger partial charge < -0.3 is 10.1 Å². The maximum Gasteiger partial charge on any atom is 0.223 e. The molecule has 0 bridgehead atoms. The lowest BCUT2D eigenvalue weighted by Crippen LogP contribution is -2.32. The summed E-state index contributed by atoms with van der Waals surface area (Å²) in [5.41, 5.74) is 1.09. The molecular weight excluding hydrogens is 362 g/mol. The van der Waals surface area contributed by atoms with Gasteiger partial charge in [0.1, 0.15) is 11.9 Å². The number of benzene rings is 2. The molecule has 7 heteroatoms.